The molecule has 0 fully saturated rings. The van der Waals surface area contributed by atoms with Crippen LogP contribution in [0.2, 0.25) is 0 Å². The first-order valence-electron chi connectivity index (χ1n) is 6.75. The number of hydrogen-bond donors (Lipinski definition) is 1. The number of rotatable bonds is 6. The van der Waals surface area contributed by atoms with Gasteiger partial charge in [-0.15, -0.1) is 16.8 Å². The number of aryl methyl sites for hydroxylation is 1. The van der Waals surface area contributed by atoms with Crippen molar-refractivity contribution in [1.82, 2.24) is 14.8 Å². The van der Waals surface area contributed by atoms with E-state index in [0.717, 1.165) is 21.1 Å². The van der Waals surface area contributed by atoms with E-state index in [9.17, 15) is 4.79 Å². The number of nitrogens with one attached hydrogen (secondary N) is 1. The molecule has 1 unspecified atom stereocenters. The largest absolute Gasteiger partial charge is 0.325 e. The number of halogens is 1. The van der Waals surface area contributed by atoms with Crippen LogP contribution >= 0.6 is 27.7 Å². The maximum Gasteiger partial charge on any atom is 0.237 e. The highest BCUT2D eigenvalue weighted by Gasteiger charge is 2.18. The Labute approximate surface area is 142 Å². The van der Waals surface area contributed by atoms with Gasteiger partial charge in [0, 0.05) is 16.7 Å². The lowest BCUT2D eigenvalue weighted by Gasteiger charge is -2.12. The molecule has 5 nitrogen and oxygen atoms in total. The SMILES string of the molecule is C=CCn1c(C)nnc1SC(C)C(=O)Nc1ccc(Br)cc1. The summed E-state index contributed by atoms with van der Waals surface area (Å²) in [5.74, 6) is 0.737. The smallest absolute Gasteiger partial charge is 0.237 e. The summed E-state index contributed by atoms with van der Waals surface area (Å²) in [6, 6.07) is 7.47. The van der Waals surface area contributed by atoms with Gasteiger partial charge in [0.25, 0.3) is 0 Å². The summed E-state index contributed by atoms with van der Waals surface area (Å²) >= 11 is 4.75. The number of hydrogen-bond acceptors (Lipinski definition) is 4. The second-order valence-corrected chi connectivity index (χ2v) is 6.91. The molecule has 1 heterocycles. The molecule has 0 spiro atoms. The number of anilines is 1. The Hall–Kier alpha value is -1.60. The Balaban J connectivity index is 2.02. The summed E-state index contributed by atoms with van der Waals surface area (Å²) < 4.78 is 2.90. The fourth-order valence-electron chi connectivity index (χ4n) is 1.78. The van der Waals surface area contributed by atoms with E-state index in [1.807, 2.05) is 42.7 Å². The van der Waals surface area contributed by atoms with Crippen LogP contribution in [0.4, 0.5) is 5.69 Å². The highest BCUT2D eigenvalue weighted by molar-refractivity contribution is 9.10. The molecule has 1 amide bonds. The third-order valence-electron chi connectivity index (χ3n) is 2.98. The predicted molar refractivity (Wildman–Crippen MR) is 93.0 cm³/mol. The number of allylic oxidation sites excluding steroid dienone is 1. The van der Waals surface area contributed by atoms with Gasteiger partial charge in [-0.2, -0.15) is 0 Å². The average Bonchev–Trinajstić information content (AvgIpc) is 2.83. The Bertz CT molecular complexity index is 669. The van der Waals surface area contributed by atoms with Crippen molar-refractivity contribution >= 4 is 39.3 Å². The zero-order valence-electron chi connectivity index (χ0n) is 12.4. The van der Waals surface area contributed by atoms with E-state index in [1.165, 1.54) is 11.8 Å². The molecule has 22 heavy (non-hydrogen) atoms. The first kappa shape index (κ1) is 16.8. The van der Waals surface area contributed by atoms with Crippen molar-refractivity contribution in [3.63, 3.8) is 0 Å². The molecule has 1 aromatic carbocycles. The Kier molecular flexibility index (Phi) is 5.79. The minimum atomic E-state index is -0.282. The Morgan fingerprint density at radius 3 is 2.77 bits per heavy atom. The van der Waals surface area contributed by atoms with Gasteiger partial charge in [-0.3, -0.25) is 4.79 Å². The number of nitrogens with zero attached hydrogens (tertiary/aromatic N) is 3. The van der Waals surface area contributed by atoms with Gasteiger partial charge in [0.15, 0.2) is 5.16 Å². The van der Waals surface area contributed by atoms with E-state index in [-0.39, 0.29) is 11.2 Å². The summed E-state index contributed by atoms with van der Waals surface area (Å²) in [6.45, 7) is 8.08. The topological polar surface area (TPSA) is 59.8 Å². The summed E-state index contributed by atoms with van der Waals surface area (Å²) in [5, 5.41) is 11.5. The molecule has 1 atom stereocenters. The van der Waals surface area contributed by atoms with Crippen LogP contribution in [0.15, 0.2) is 46.5 Å². The van der Waals surface area contributed by atoms with Crippen molar-refractivity contribution in [2.75, 3.05) is 5.32 Å². The van der Waals surface area contributed by atoms with Crippen molar-refractivity contribution in [1.29, 1.82) is 0 Å². The van der Waals surface area contributed by atoms with Crippen LogP contribution in [0.5, 0.6) is 0 Å². The summed E-state index contributed by atoms with van der Waals surface area (Å²) in [5.41, 5.74) is 0.768. The predicted octanol–water partition coefficient (Wildman–Crippen LogP) is 3.65. The van der Waals surface area contributed by atoms with Gasteiger partial charge < -0.3 is 9.88 Å². The van der Waals surface area contributed by atoms with Crippen molar-refractivity contribution in [2.24, 2.45) is 0 Å². The first-order valence-corrected chi connectivity index (χ1v) is 8.42. The number of thioether (sulfide) groups is 1. The standard InChI is InChI=1S/C15H17BrN4OS/c1-4-9-20-11(3)18-19-15(20)22-10(2)14(21)17-13-7-5-12(16)6-8-13/h4-8,10H,1,9H2,2-3H3,(H,17,21). The molecule has 0 aliphatic carbocycles. The zero-order valence-corrected chi connectivity index (χ0v) is 14.8. The van der Waals surface area contributed by atoms with Gasteiger partial charge in [0.05, 0.1) is 5.25 Å². The number of carbonyl (C=O) groups excluding carboxylic acids is 1. The molecule has 1 N–H and O–H groups in total. The normalized spacial score (nSPS) is 12.0. The van der Waals surface area contributed by atoms with Gasteiger partial charge in [-0.05, 0) is 38.1 Å². The lowest BCUT2D eigenvalue weighted by molar-refractivity contribution is -0.115. The quantitative estimate of drug-likeness (QED) is 0.613. The van der Waals surface area contributed by atoms with Crippen molar-refractivity contribution < 1.29 is 4.79 Å². The number of carbonyl (C=O) groups is 1. The van der Waals surface area contributed by atoms with Crippen LogP contribution < -0.4 is 5.32 Å². The van der Waals surface area contributed by atoms with Crippen molar-refractivity contribution in [3.05, 3.63) is 47.2 Å². The lowest BCUT2D eigenvalue weighted by atomic mass is 10.3. The molecular weight excluding hydrogens is 364 g/mol. The average molecular weight is 381 g/mol. The summed E-state index contributed by atoms with van der Waals surface area (Å²) in [4.78, 5) is 12.3. The van der Waals surface area contributed by atoms with Crippen molar-refractivity contribution in [3.8, 4) is 0 Å². The highest BCUT2D eigenvalue weighted by atomic mass is 79.9. The van der Waals surface area contributed by atoms with E-state index in [4.69, 9.17) is 0 Å². The molecule has 0 saturated heterocycles. The van der Waals surface area contributed by atoms with Gasteiger partial charge >= 0.3 is 0 Å². The van der Waals surface area contributed by atoms with E-state index in [2.05, 4.69) is 38.0 Å². The maximum absolute atomic E-state index is 12.3. The Morgan fingerprint density at radius 2 is 2.14 bits per heavy atom. The molecular formula is C15H17BrN4OS. The van der Waals surface area contributed by atoms with Crippen LogP contribution in [-0.2, 0) is 11.3 Å². The van der Waals surface area contributed by atoms with Gasteiger partial charge in [-0.25, -0.2) is 0 Å². The van der Waals surface area contributed by atoms with E-state index in [0.29, 0.717) is 6.54 Å². The van der Waals surface area contributed by atoms with Crippen molar-refractivity contribution in [2.45, 2.75) is 30.8 Å². The summed E-state index contributed by atoms with van der Waals surface area (Å²) in [6.07, 6.45) is 1.78. The van der Waals surface area contributed by atoms with Gasteiger partial charge in [-0.1, -0.05) is 33.8 Å². The molecule has 2 aromatic rings. The van der Waals surface area contributed by atoms with Crippen LogP contribution in [0, 0.1) is 6.92 Å². The molecule has 0 bridgehead atoms. The minimum Gasteiger partial charge on any atom is -0.325 e. The van der Waals surface area contributed by atoms with E-state index >= 15 is 0 Å². The molecule has 116 valence electrons. The maximum atomic E-state index is 12.3. The second-order valence-electron chi connectivity index (χ2n) is 4.69. The number of amides is 1. The van der Waals surface area contributed by atoms with E-state index in [1.54, 1.807) is 6.08 Å². The minimum absolute atomic E-state index is 0.0712. The van der Waals surface area contributed by atoms with Gasteiger partial charge in [0.2, 0.25) is 5.91 Å². The molecule has 0 saturated carbocycles. The first-order chi connectivity index (χ1) is 10.5. The van der Waals surface area contributed by atoms with Crippen LogP contribution in [0.3, 0.4) is 0 Å². The van der Waals surface area contributed by atoms with Crippen LogP contribution in [-0.4, -0.2) is 25.9 Å². The number of benzene rings is 1. The third kappa shape index (κ3) is 4.20. The fourth-order valence-corrected chi connectivity index (χ4v) is 2.95. The molecule has 0 radical (unpaired) electrons. The second kappa shape index (κ2) is 7.60. The lowest BCUT2D eigenvalue weighted by Crippen LogP contribution is -2.22. The fraction of sp³-hybridized carbons (Fsp3) is 0.267. The third-order valence-corrected chi connectivity index (χ3v) is 4.59. The monoisotopic (exact) mass is 380 g/mol. The highest BCUT2D eigenvalue weighted by Crippen LogP contribution is 2.23. The van der Waals surface area contributed by atoms with E-state index < -0.39 is 0 Å². The number of aromatic nitrogens is 3. The molecule has 0 aliphatic rings. The van der Waals surface area contributed by atoms with Crippen LogP contribution in [0.1, 0.15) is 12.7 Å². The zero-order chi connectivity index (χ0) is 16.1. The summed E-state index contributed by atoms with van der Waals surface area (Å²) in [7, 11) is 0. The van der Waals surface area contributed by atoms with Crippen LogP contribution in [0.25, 0.3) is 0 Å². The Morgan fingerprint density at radius 1 is 1.45 bits per heavy atom. The molecule has 0 aliphatic heterocycles. The molecule has 7 heteroatoms. The van der Waals surface area contributed by atoms with Gasteiger partial charge in [0.1, 0.15) is 5.82 Å². The molecule has 1 aromatic heterocycles. The molecule has 2 rings (SSSR count).